The van der Waals surface area contributed by atoms with Crippen LogP contribution in [-0.2, 0) is 42.9 Å². The third kappa shape index (κ3) is 7.59. The van der Waals surface area contributed by atoms with E-state index in [2.05, 4.69) is 0 Å². The van der Waals surface area contributed by atoms with Crippen LogP contribution >= 0.6 is 0 Å². The zero-order chi connectivity index (χ0) is 24.7. The van der Waals surface area contributed by atoms with Gasteiger partial charge in [0, 0.05) is 27.7 Å². The van der Waals surface area contributed by atoms with Crippen LogP contribution in [0.5, 0.6) is 5.75 Å². The van der Waals surface area contributed by atoms with Gasteiger partial charge in [0.2, 0.25) is 12.4 Å². The number of esters is 4. The van der Waals surface area contributed by atoms with Crippen molar-refractivity contribution in [2.45, 2.75) is 58.4 Å². The highest BCUT2D eigenvalue weighted by molar-refractivity contribution is 5.68. The SMILES string of the molecule is CC(=O)OC[C@@H]1O[C@H](Oc2ccc(N([O-])O)cc2)[C@H](OC(C)=O)[C@@H](OC(C)=O)[C@@H]1OC(C)=O. The minimum atomic E-state index is -1.41. The Bertz CT molecular complexity index is 855. The number of carbonyl (C=O) groups is 4. The zero-order valence-electron chi connectivity index (χ0n) is 18.3. The molecule has 13 nitrogen and oxygen atoms in total. The molecule has 1 aromatic rings. The van der Waals surface area contributed by atoms with Crippen molar-refractivity contribution < 1.29 is 52.8 Å². The molecule has 1 aromatic carbocycles. The molecule has 0 aromatic heterocycles. The molecule has 1 saturated heterocycles. The molecule has 0 radical (unpaired) electrons. The highest BCUT2D eigenvalue weighted by Gasteiger charge is 2.53. The average Bonchev–Trinajstić information content (AvgIpc) is 2.70. The van der Waals surface area contributed by atoms with E-state index >= 15 is 0 Å². The molecule has 1 aliphatic heterocycles. The first-order valence-corrected chi connectivity index (χ1v) is 9.71. The second kappa shape index (κ2) is 11.4. The fourth-order valence-corrected chi connectivity index (χ4v) is 3.07. The molecule has 0 amide bonds. The Hall–Kier alpha value is -3.42. The van der Waals surface area contributed by atoms with Gasteiger partial charge < -0.3 is 38.9 Å². The molecule has 33 heavy (non-hydrogen) atoms. The lowest BCUT2D eigenvalue weighted by Gasteiger charge is -2.43. The summed E-state index contributed by atoms with van der Waals surface area (Å²) in [5, 5.41) is 19.6. The zero-order valence-corrected chi connectivity index (χ0v) is 18.3. The van der Waals surface area contributed by atoms with Crippen LogP contribution < -0.4 is 9.96 Å². The number of anilines is 1. The van der Waals surface area contributed by atoms with Crippen LogP contribution in [0.1, 0.15) is 27.7 Å². The van der Waals surface area contributed by atoms with Crippen molar-refractivity contribution in [3.8, 4) is 5.75 Å². The summed E-state index contributed by atoms with van der Waals surface area (Å²) in [4.78, 5) is 46.6. The van der Waals surface area contributed by atoms with Gasteiger partial charge in [-0.05, 0) is 24.3 Å². The molecule has 1 heterocycles. The Kier molecular flexibility index (Phi) is 8.96. The van der Waals surface area contributed by atoms with Gasteiger partial charge in [-0.25, -0.2) is 0 Å². The fourth-order valence-electron chi connectivity index (χ4n) is 3.07. The lowest BCUT2D eigenvalue weighted by atomic mass is 9.98. The monoisotopic (exact) mass is 470 g/mol. The largest absolute Gasteiger partial charge is 0.733 e. The maximum atomic E-state index is 11.8. The molecule has 1 fully saturated rings. The minimum Gasteiger partial charge on any atom is -0.733 e. The van der Waals surface area contributed by atoms with Crippen molar-refractivity contribution in [2.75, 3.05) is 11.8 Å². The van der Waals surface area contributed by atoms with Crippen molar-refractivity contribution in [3.63, 3.8) is 0 Å². The molecule has 0 aliphatic carbocycles. The van der Waals surface area contributed by atoms with Crippen LogP contribution in [0, 0.1) is 5.21 Å². The number of carbonyl (C=O) groups excluding carboxylic acids is 4. The Morgan fingerprint density at radius 3 is 1.88 bits per heavy atom. The van der Waals surface area contributed by atoms with Gasteiger partial charge in [0.25, 0.3) is 0 Å². The van der Waals surface area contributed by atoms with E-state index < -0.39 is 61.2 Å². The Labute approximate surface area is 188 Å². The molecule has 0 bridgehead atoms. The maximum Gasteiger partial charge on any atom is 0.303 e. The van der Waals surface area contributed by atoms with E-state index in [9.17, 15) is 24.4 Å². The van der Waals surface area contributed by atoms with Crippen LogP contribution in [0.2, 0.25) is 0 Å². The van der Waals surface area contributed by atoms with E-state index in [0.29, 0.717) is 0 Å². The molecule has 1 N–H and O–H groups in total. The topological polar surface area (TPSA) is 170 Å². The van der Waals surface area contributed by atoms with E-state index in [1.54, 1.807) is 0 Å². The number of hydrogen-bond donors (Lipinski definition) is 1. The average molecular weight is 470 g/mol. The summed E-state index contributed by atoms with van der Waals surface area (Å²) in [5.41, 5.74) is -0.0797. The highest BCUT2D eigenvalue weighted by Crippen LogP contribution is 2.31. The highest BCUT2D eigenvalue weighted by atomic mass is 16.8. The summed E-state index contributed by atoms with van der Waals surface area (Å²) < 4.78 is 32.3. The second-order valence-corrected chi connectivity index (χ2v) is 6.95. The molecule has 2 rings (SSSR count). The molecular weight excluding hydrogens is 446 g/mol. The minimum absolute atomic E-state index is 0.0797. The summed E-state index contributed by atoms with van der Waals surface area (Å²) in [6.45, 7) is 4.08. The molecule has 0 spiro atoms. The van der Waals surface area contributed by atoms with Gasteiger partial charge in [0.05, 0.1) is 5.69 Å². The quantitative estimate of drug-likeness (QED) is 0.322. The lowest BCUT2D eigenvalue weighted by molar-refractivity contribution is -0.288. The van der Waals surface area contributed by atoms with E-state index in [1.807, 2.05) is 0 Å². The Balaban J connectivity index is 2.42. The third-order valence-electron chi connectivity index (χ3n) is 4.26. The van der Waals surface area contributed by atoms with Crippen molar-refractivity contribution in [1.29, 1.82) is 0 Å². The van der Waals surface area contributed by atoms with Crippen LogP contribution in [0.15, 0.2) is 24.3 Å². The van der Waals surface area contributed by atoms with E-state index in [-0.39, 0.29) is 16.7 Å². The molecule has 182 valence electrons. The first-order chi connectivity index (χ1) is 15.5. The van der Waals surface area contributed by atoms with Gasteiger partial charge in [0.15, 0.2) is 12.2 Å². The predicted octanol–water partition coefficient (Wildman–Crippen LogP) is 0.842. The molecular formula is C20H24NO12-. The first kappa shape index (κ1) is 25.8. The van der Waals surface area contributed by atoms with Gasteiger partial charge in [-0.15, -0.1) is 0 Å². The van der Waals surface area contributed by atoms with Crippen molar-refractivity contribution in [3.05, 3.63) is 29.5 Å². The first-order valence-electron chi connectivity index (χ1n) is 9.71. The van der Waals surface area contributed by atoms with Crippen molar-refractivity contribution in [1.82, 2.24) is 0 Å². The summed E-state index contributed by atoms with van der Waals surface area (Å²) in [6, 6.07) is 5.14. The number of nitrogens with zero attached hydrogens (tertiary/aromatic N) is 1. The number of ether oxygens (including phenoxy) is 6. The Morgan fingerprint density at radius 1 is 0.879 bits per heavy atom. The normalized spacial score (nSPS) is 24.2. The van der Waals surface area contributed by atoms with Crippen LogP contribution in [-0.4, -0.2) is 66.4 Å². The molecule has 0 saturated carbocycles. The van der Waals surface area contributed by atoms with Gasteiger partial charge in [0.1, 0.15) is 18.5 Å². The van der Waals surface area contributed by atoms with Crippen LogP contribution in [0.25, 0.3) is 0 Å². The third-order valence-corrected chi connectivity index (χ3v) is 4.26. The van der Waals surface area contributed by atoms with Gasteiger partial charge >= 0.3 is 23.9 Å². The second-order valence-electron chi connectivity index (χ2n) is 6.95. The molecule has 1 aliphatic rings. The summed E-state index contributed by atoms with van der Waals surface area (Å²) in [6.07, 6.45) is -6.64. The van der Waals surface area contributed by atoms with E-state index in [0.717, 1.165) is 27.7 Å². The summed E-state index contributed by atoms with van der Waals surface area (Å²) >= 11 is 0. The van der Waals surface area contributed by atoms with Crippen molar-refractivity contribution in [2.24, 2.45) is 0 Å². The van der Waals surface area contributed by atoms with Gasteiger partial charge in [-0.1, -0.05) is 0 Å². The van der Waals surface area contributed by atoms with Crippen LogP contribution in [0.3, 0.4) is 0 Å². The summed E-state index contributed by atoms with van der Waals surface area (Å²) in [7, 11) is 0. The van der Waals surface area contributed by atoms with E-state index in [4.69, 9.17) is 33.6 Å². The molecule has 13 heteroatoms. The molecule has 0 unspecified atom stereocenters. The van der Waals surface area contributed by atoms with Gasteiger partial charge in [-0.3, -0.25) is 24.4 Å². The Morgan fingerprint density at radius 2 is 1.39 bits per heavy atom. The maximum absolute atomic E-state index is 11.8. The fraction of sp³-hybridized carbons (Fsp3) is 0.500. The van der Waals surface area contributed by atoms with Crippen molar-refractivity contribution >= 4 is 29.6 Å². The summed E-state index contributed by atoms with van der Waals surface area (Å²) in [5.74, 6) is -2.82. The standard InChI is InChI=1S/C20H24NO12/c1-10(22)28-9-16-17(29-11(2)23)18(30-12(3)24)19(31-13(4)25)20(33-16)32-15-7-5-14(6-8-15)21(26)27/h5-8,16-20,26H,9H2,1-4H3/q-1/t16-,17+,18-,19+,20-/m0/s1. The smallest absolute Gasteiger partial charge is 0.303 e. The molecule has 5 atom stereocenters. The van der Waals surface area contributed by atoms with Gasteiger partial charge in [-0.2, -0.15) is 0 Å². The number of hydrogen-bond acceptors (Lipinski definition) is 13. The number of benzene rings is 1. The predicted molar refractivity (Wildman–Crippen MR) is 107 cm³/mol. The van der Waals surface area contributed by atoms with Crippen LogP contribution in [0.4, 0.5) is 5.69 Å². The van der Waals surface area contributed by atoms with E-state index in [1.165, 1.54) is 24.3 Å². The lowest BCUT2D eigenvalue weighted by Crippen LogP contribution is -2.63. The number of rotatable bonds is 8.